The SMILES string of the molecule is Cc1c(C)c(C)c(S(=O)(=O)N(CC#N)Cc2ccccc2)c(C)c1C. The van der Waals surface area contributed by atoms with Crippen LogP contribution in [0.4, 0.5) is 0 Å². The van der Waals surface area contributed by atoms with Crippen LogP contribution in [0.1, 0.15) is 33.4 Å². The molecule has 2 aromatic rings. The molecule has 0 aliphatic heterocycles. The highest BCUT2D eigenvalue weighted by molar-refractivity contribution is 7.89. The third-order valence-electron chi connectivity index (χ3n) is 4.98. The van der Waals surface area contributed by atoms with Crippen molar-refractivity contribution in [2.24, 2.45) is 0 Å². The smallest absolute Gasteiger partial charge is 0.207 e. The van der Waals surface area contributed by atoms with E-state index in [0.29, 0.717) is 4.90 Å². The molecule has 4 nitrogen and oxygen atoms in total. The first-order chi connectivity index (χ1) is 11.7. The van der Waals surface area contributed by atoms with Crippen LogP contribution in [0.2, 0.25) is 0 Å². The van der Waals surface area contributed by atoms with Crippen LogP contribution >= 0.6 is 0 Å². The molecule has 0 radical (unpaired) electrons. The summed E-state index contributed by atoms with van der Waals surface area (Å²) in [5, 5.41) is 9.16. The van der Waals surface area contributed by atoms with Gasteiger partial charge in [0.25, 0.3) is 0 Å². The minimum atomic E-state index is -3.77. The van der Waals surface area contributed by atoms with Crippen LogP contribution in [0, 0.1) is 45.9 Å². The summed E-state index contributed by atoms with van der Waals surface area (Å²) in [6.07, 6.45) is 0. The maximum absolute atomic E-state index is 13.4. The summed E-state index contributed by atoms with van der Waals surface area (Å²) in [6, 6.07) is 11.3. The number of hydrogen-bond acceptors (Lipinski definition) is 3. The van der Waals surface area contributed by atoms with Crippen molar-refractivity contribution in [3.63, 3.8) is 0 Å². The van der Waals surface area contributed by atoms with Gasteiger partial charge in [-0.1, -0.05) is 30.3 Å². The normalized spacial score (nSPS) is 11.6. The van der Waals surface area contributed by atoms with Gasteiger partial charge >= 0.3 is 0 Å². The molecular formula is C20H24N2O2S. The molecule has 0 amide bonds. The molecule has 5 heteroatoms. The molecule has 0 saturated heterocycles. The Kier molecular flexibility index (Phi) is 5.66. The average molecular weight is 356 g/mol. The number of hydrogen-bond donors (Lipinski definition) is 0. The Morgan fingerprint density at radius 3 is 1.84 bits per heavy atom. The molecule has 0 fully saturated rings. The molecular weight excluding hydrogens is 332 g/mol. The number of benzene rings is 2. The van der Waals surface area contributed by atoms with Gasteiger partial charge in [-0.2, -0.15) is 9.57 Å². The maximum Gasteiger partial charge on any atom is 0.244 e. The van der Waals surface area contributed by atoms with Crippen LogP contribution < -0.4 is 0 Å². The molecule has 0 unspecified atom stereocenters. The molecule has 0 aliphatic rings. The summed E-state index contributed by atoms with van der Waals surface area (Å²) in [5.74, 6) is 0. The lowest BCUT2D eigenvalue weighted by atomic mass is 9.95. The standard InChI is InChI=1S/C20H24N2O2S/c1-14-15(2)17(4)20(18(5)16(14)3)25(23,24)22(12-11-21)13-19-9-7-6-8-10-19/h6-10H,12-13H2,1-5H3. The van der Waals surface area contributed by atoms with E-state index in [-0.39, 0.29) is 13.1 Å². The summed E-state index contributed by atoms with van der Waals surface area (Å²) >= 11 is 0. The molecule has 0 aliphatic carbocycles. The third kappa shape index (κ3) is 3.60. The van der Waals surface area contributed by atoms with Gasteiger partial charge in [0.2, 0.25) is 10.0 Å². The Balaban J connectivity index is 2.61. The topological polar surface area (TPSA) is 61.2 Å². The monoisotopic (exact) mass is 356 g/mol. The van der Waals surface area contributed by atoms with Crippen LogP contribution in [0.25, 0.3) is 0 Å². The van der Waals surface area contributed by atoms with E-state index in [2.05, 4.69) is 0 Å². The minimum absolute atomic E-state index is 0.178. The summed E-state index contributed by atoms with van der Waals surface area (Å²) in [5.41, 5.74) is 5.46. The molecule has 25 heavy (non-hydrogen) atoms. The zero-order valence-corrected chi connectivity index (χ0v) is 16.2. The van der Waals surface area contributed by atoms with Crippen LogP contribution in [0.5, 0.6) is 0 Å². The summed E-state index contributed by atoms with van der Waals surface area (Å²) < 4.78 is 28.0. The quantitative estimate of drug-likeness (QED) is 0.762. The molecule has 0 N–H and O–H groups in total. The first-order valence-corrected chi connectivity index (χ1v) is 9.63. The lowest BCUT2D eigenvalue weighted by Crippen LogP contribution is -2.32. The second kappa shape index (κ2) is 7.38. The molecule has 2 rings (SSSR count). The van der Waals surface area contributed by atoms with E-state index in [1.54, 1.807) is 0 Å². The van der Waals surface area contributed by atoms with Crippen molar-refractivity contribution in [3.8, 4) is 6.07 Å². The Morgan fingerprint density at radius 2 is 1.36 bits per heavy atom. The predicted molar refractivity (Wildman–Crippen MR) is 99.8 cm³/mol. The van der Waals surface area contributed by atoms with Crippen molar-refractivity contribution in [2.45, 2.75) is 46.1 Å². The lowest BCUT2D eigenvalue weighted by Gasteiger charge is -2.24. The van der Waals surface area contributed by atoms with Crippen LogP contribution in [-0.4, -0.2) is 19.3 Å². The predicted octanol–water partition coefficient (Wildman–Crippen LogP) is 3.94. The highest BCUT2D eigenvalue weighted by atomic mass is 32.2. The van der Waals surface area contributed by atoms with Crippen molar-refractivity contribution >= 4 is 10.0 Å². The molecule has 0 heterocycles. The molecule has 132 valence electrons. The number of nitrogens with zero attached hydrogens (tertiary/aromatic N) is 2. The van der Waals surface area contributed by atoms with Crippen molar-refractivity contribution in [1.29, 1.82) is 5.26 Å². The van der Waals surface area contributed by atoms with Gasteiger partial charge in [-0.05, 0) is 68.0 Å². The zero-order chi connectivity index (χ0) is 18.8. The number of sulfonamides is 1. The van der Waals surface area contributed by atoms with E-state index in [4.69, 9.17) is 5.26 Å². The molecule has 0 spiro atoms. The molecule has 0 bridgehead atoms. The van der Waals surface area contributed by atoms with E-state index in [1.807, 2.05) is 71.0 Å². The largest absolute Gasteiger partial charge is 0.244 e. The Labute approximate surface area is 150 Å². The van der Waals surface area contributed by atoms with Crippen molar-refractivity contribution in [3.05, 3.63) is 63.7 Å². The van der Waals surface area contributed by atoms with Gasteiger partial charge in [-0.3, -0.25) is 0 Å². The first-order valence-electron chi connectivity index (χ1n) is 8.19. The van der Waals surface area contributed by atoms with E-state index >= 15 is 0 Å². The highest BCUT2D eigenvalue weighted by Crippen LogP contribution is 2.32. The van der Waals surface area contributed by atoms with Gasteiger partial charge in [0.05, 0.1) is 11.0 Å². The second-order valence-electron chi connectivity index (χ2n) is 6.37. The second-order valence-corrected chi connectivity index (χ2v) is 8.25. The molecule has 0 atom stereocenters. The van der Waals surface area contributed by atoms with Gasteiger partial charge in [-0.15, -0.1) is 0 Å². The Bertz CT molecular complexity index is 897. The number of rotatable bonds is 5. The fourth-order valence-electron chi connectivity index (χ4n) is 3.07. The lowest BCUT2D eigenvalue weighted by molar-refractivity contribution is 0.440. The summed E-state index contributed by atoms with van der Waals surface area (Å²) in [6.45, 7) is 9.59. The summed E-state index contributed by atoms with van der Waals surface area (Å²) in [7, 11) is -3.77. The van der Waals surface area contributed by atoms with E-state index in [0.717, 1.165) is 33.4 Å². The van der Waals surface area contributed by atoms with Gasteiger partial charge in [-0.25, -0.2) is 8.42 Å². The molecule has 2 aromatic carbocycles. The van der Waals surface area contributed by atoms with Crippen molar-refractivity contribution in [2.75, 3.05) is 6.54 Å². The van der Waals surface area contributed by atoms with Gasteiger partial charge in [0, 0.05) is 6.54 Å². The average Bonchev–Trinajstić information content (AvgIpc) is 2.58. The van der Waals surface area contributed by atoms with Crippen molar-refractivity contribution < 1.29 is 8.42 Å². The van der Waals surface area contributed by atoms with Crippen LogP contribution in [0.15, 0.2) is 35.2 Å². The van der Waals surface area contributed by atoms with Gasteiger partial charge in [0.15, 0.2) is 0 Å². The van der Waals surface area contributed by atoms with E-state index < -0.39 is 10.0 Å². The van der Waals surface area contributed by atoms with Crippen LogP contribution in [-0.2, 0) is 16.6 Å². The Morgan fingerprint density at radius 1 is 0.880 bits per heavy atom. The van der Waals surface area contributed by atoms with E-state index in [9.17, 15) is 8.42 Å². The molecule has 0 saturated carbocycles. The fourth-order valence-corrected chi connectivity index (χ4v) is 4.96. The summed E-state index contributed by atoms with van der Waals surface area (Å²) in [4.78, 5) is 0.333. The first kappa shape index (κ1) is 19.2. The van der Waals surface area contributed by atoms with Gasteiger partial charge < -0.3 is 0 Å². The number of nitriles is 1. The molecule has 0 aromatic heterocycles. The Hall–Kier alpha value is -2.16. The van der Waals surface area contributed by atoms with Gasteiger partial charge in [0.1, 0.15) is 6.54 Å². The highest BCUT2D eigenvalue weighted by Gasteiger charge is 2.30. The van der Waals surface area contributed by atoms with Crippen molar-refractivity contribution in [1.82, 2.24) is 4.31 Å². The van der Waals surface area contributed by atoms with E-state index in [1.165, 1.54) is 4.31 Å². The zero-order valence-electron chi connectivity index (χ0n) is 15.4. The maximum atomic E-state index is 13.4. The minimum Gasteiger partial charge on any atom is -0.207 e. The fraction of sp³-hybridized carbons (Fsp3) is 0.350. The van der Waals surface area contributed by atoms with Crippen LogP contribution in [0.3, 0.4) is 0 Å². The third-order valence-corrected chi connectivity index (χ3v) is 7.04.